The standard InChI is InChI=1S/C12H25NO2/c1-4-10(5-2)9-12(15)13-8-7-11(14)6-3/h10-11,14H,4-9H2,1-3H3,(H,13,15). The maximum absolute atomic E-state index is 11.4. The van der Waals surface area contributed by atoms with Crippen molar-refractivity contribution in [3.05, 3.63) is 0 Å². The number of aliphatic hydroxyl groups is 1. The Morgan fingerprint density at radius 2 is 1.80 bits per heavy atom. The second-order valence-corrected chi connectivity index (χ2v) is 4.09. The lowest BCUT2D eigenvalue weighted by Gasteiger charge is -2.13. The van der Waals surface area contributed by atoms with Crippen molar-refractivity contribution >= 4 is 5.91 Å². The molecule has 0 rings (SSSR count). The summed E-state index contributed by atoms with van der Waals surface area (Å²) < 4.78 is 0. The molecule has 1 atom stereocenters. The highest BCUT2D eigenvalue weighted by molar-refractivity contribution is 5.76. The molecule has 0 saturated heterocycles. The Bertz CT molecular complexity index is 167. The molecule has 1 unspecified atom stereocenters. The summed E-state index contributed by atoms with van der Waals surface area (Å²) in [6, 6.07) is 0. The van der Waals surface area contributed by atoms with Gasteiger partial charge in [0.15, 0.2) is 0 Å². The van der Waals surface area contributed by atoms with Crippen molar-refractivity contribution in [2.45, 2.75) is 59.0 Å². The van der Waals surface area contributed by atoms with Crippen LogP contribution in [0.15, 0.2) is 0 Å². The minimum absolute atomic E-state index is 0.118. The van der Waals surface area contributed by atoms with Gasteiger partial charge in [0.1, 0.15) is 0 Å². The van der Waals surface area contributed by atoms with Crippen LogP contribution in [-0.2, 0) is 4.79 Å². The third-order valence-electron chi connectivity index (χ3n) is 2.90. The van der Waals surface area contributed by atoms with Crippen molar-refractivity contribution in [1.82, 2.24) is 5.32 Å². The minimum atomic E-state index is -0.279. The molecule has 0 spiro atoms. The summed E-state index contributed by atoms with van der Waals surface area (Å²) in [6.07, 6.45) is 3.87. The maximum Gasteiger partial charge on any atom is 0.220 e. The topological polar surface area (TPSA) is 49.3 Å². The molecule has 0 aromatic carbocycles. The highest BCUT2D eigenvalue weighted by Crippen LogP contribution is 2.11. The normalized spacial score (nSPS) is 12.9. The highest BCUT2D eigenvalue weighted by Gasteiger charge is 2.09. The van der Waals surface area contributed by atoms with Gasteiger partial charge in [0.25, 0.3) is 0 Å². The average Bonchev–Trinajstić information content (AvgIpc) is 2.25. The van der Waals surface area contributed by atoms with E-state index >= 15 is 0 Å². The SMILES string of the molecule is CCC(O)CCNC(=O)CC(CC)CC. The molecule has 0 heterocycles. The Morgan fingerprint density at radius 1 is 1.20 bits per heavy atom. The fourth-order valence-corrected chi connectivity index (χ4v) is 1.49. The van der Waals surface area contributed by atoms with Crippen LogP contribution in [0.4, 0.5) is 0 Å². The quantitative estimate of drug-likeness (QED) is 0.651. The smallest absolute Gasteiger partial charge is 0.220 e. The summed E-state index contributed by atoms with van der Waals surface area (Å²) in [5.74, 6) is 0.619. The number of nitrogens with one attached hydrogen (secondary N) is 1. The molecule has 1 amide bonds. The molecule has 2 N–H and O–H groups in total. The van der Waals surface area contributed by atoms with Gasteiger partial charge < -0.3 is 10.4 Å². The number of carbonyl (C=O) groups excluding carboxylic acids is 1. The number of aliphatic hydroxyl groups excluding tert-OH is 1. The zero-order valence-electron chi connectivity index (χ0n) is 10.3. The predicted octanol–water partition coefficient (Wildman–Crippen LogP) is 2.09. The lowest BCUT2D eigenvalue weighted by Crippen LogP contribution is -2.28. The number of hydrogen-bond acceptors (Lipinski definition) is 2. The number of hydrogen-bond donors (Lipinski definition) is 2. The summed E-state index contributed by atoms with van der Waals surface area (Å²) in [7, 11) is 0. The van der Waals surface area contributed by atoms with E-state index in [2.05, 4.69) is 19.2 Å². The molecule has 3 heteroatoms. The maximum atomic E-state index is 11.4. The molecule has 0 aromatic heterocycles. The molecule has 0 aliphatic carbocycles. The predicted molar refractivity (Wildman–Crippen MR) is 62.6 cm³/mol. The van der Waals surface area contributed by atoms with Crippen molar-refractivity contribution in [3.8, 4) is 0 Å². The second-order valence-electron chi connectivity index (χ2n) is 4.09. The van der Waals surface area contributed by atoms with Crippen LogP contribution in [0.2, 0.25) is 0 Å². The zero-order chi connectivity index (χ0) is 11.7. The third-order valence-corrected chi connectivity index (χ3v) is 2.90. The van der Waals surface area contributed by atoms with E-state index in [0.29, 0.717) is 25.3 Å². The molecule has 0 aliphatic heterocycles. The molecule has 15 heavy (non-hydrogen) atoms. The summed E-state index contributed by atoms with van der Waals surface area (Å²) in [4.78, 5) is 11.4. The Kier molecular flexibility index (Phi) is 8.38. The van der Waals surface area contributed by atoms with Crippen LogP contribution in [0, 0.1) is 5.92 Å². The van der Waals surface area contributed by atoms with Gasteiger partial charge in [-0.15, -0.1) is 0 Å². The number of amides is 1. The molecular formula is C12H25NO2. The van der Waals surface area contributed by atoms with Crippen molar-refractivity contribution in [3.63, 3.8) is 0 Å². The number of carbonyl (C=O) groups is 1. The van der Waals surface area contributed by atoms with E-state index in [-0.39, 0.29) is 12.0 Å². The van der Waals surface area contributed by atoms with Gasteiger partial charge >= 0.3 is 0 Å². The molecule has 90 valence electrons. The van der Waals surface area contributed by atoms with E-state index in [0.717, 1.165) is 19.3 Å². The fraction of sp³-hybridized carbons (Fsp3) is 0.917. The lowest BCUT2D eigenvalue weighted by molar-refractivity contribution is -0.122. The van der Waals surface area contributed by atoms with Gasteiger partial charge in [-0.3, -0.25) is 4.79 Å². The van der Waals surface area contributed by atoms with Crippen molar-refractivity contribution in [2.24, 2.45) is 5.92 Å². The molecule has 0 fully saturated rings. The van der Waals surface area contributed by atoms with Crippen LogP contribution in [0.25, 0.3) is 0 Å². The van der Waals surface area contributed by atoms with Crippen molar-refractivity contribution in [2.75, 3.05) is 6.54 Å². The Balaban J connectivity index is 3.56. The van der Waals surface area contributed by atoms with E-state index in [1.807, 2.05) is 6.92 Å². The van der Waals surface area contributed by atoms with Crippen LogP contribution in [0.5, 0.6) is 0 Å². The molecule has 0 bridgehead atoms. The lowest BCUT2D eigenvalue weighted by atomic mass is 9.99. The number of rotatable bonds is 8. The van der Waals surface area contributed by atoms with E-state index in [1.165, 1.54) is 0 Å². The molecule has 0 saturated carbocycles. The Hall–Kier alpha value is -0.570. The van der Waals surface area contributed by atoms with Crippen LogP contribution in [-0.4, -0.2) is 23.7 Å². The highest BCUT2D eigenvalue weighted by atomic mass is 16.3. The van der Waals surface area contributed by atoms with E-state index in [1.54, 1.807) is 0 Å². The molecule has 3 nitrogen and oxygen atoms in total. The van der Waals surface area contributed by atoms with Gasteiger partial charge in [-0.2, -0.15) is 0 Å². The second kappa shape index (κ2) is 8.72. The molecule has 0 aromatic rings. The van der Waals surface area contributed by atoms with E-state index < -0.39 is 0 Å². The summed E-state index contributed by atoms with van der Waals surface area (Å²) in [5.41, 5.74) is 0. The van der Waals surface area contributed by atoms with Gasteiger partial charge in [-0.05, 0) is 18.8 Å². The van der Waals surface area contributed by atoms with Crippen molar-refractivity contribution in [1.29, 1.82) is 0 Å². The van der Waals surface area contributed by atoms with Gasteiger partial charge in [-0.25, -0.2) is 0 Å². The molecular weight excluding hydrogens is 190 g/mol. The van der Waals surface area contributed by atoms with Gasteiger partial charge in [0, 0.05) is 13.0 Å². The van der Waals surface area contributed by atoms with E-state index in [4.69, 9.17) is 0 Å². The third kappa shape index (κ3) is 7.37. The largest absolute Gasteiger partial charge is 0.393 e. The fourth-order valence-electron chi connectivity index (χ4n) is 1.49. The molecule has 0 radical (unpaired) electrons. The zero-order valence-corrected chi connectivity index (χ0v) is 10.3. The van der Waals surface area contributed by atoms with E-state index in [9.17, 15) is 9.90 Å². The summed E-state index contributed by atoms with van der Waals surface area (Å²) >= 11 is 0. The first-order valence-corrected chi connectivity index (χ1v) is 6.08. The molecule has 0 aliphatic rings. The van der Waals surface area contributed by atoms with Gasteiger partial charge in [0.05, 0.1) is 6.10 Å². The Labute approximate surface area is 93.3 Å². The minimum Gasteiger partial charge on any atom is -0.393 e. The van der Waals surface area contributed by atoms with Crippen LogP contribution >= 0.6 is 0 Å². The van der Waals surface area contributed by atoms with Crippen LogP contribution in [0.1, 0.15) is 52.9 Å². The summed E-state index contributed by atoms with van der Waals surface area (Å²) in [5, 5.41) is 12.1. The van der Waals surface area contributed by atoms with Crippen LogP contribution in [0.3, 0.4) is 0 Å². The Morgan fingerprint density at radius 3 is 2.27 bits per heavy atom. The van der Waals surface area contributed by atoms with Gasteiger partial charge in [-0.1, -0.05) is 33.6 Å². The first-order valence-electron chi connectivity index (χ1n) is 6.08. The van der Waals surface area contributed by atoms with Crippen LogP contribution < -0.4 is 5.32 Å². The van der Waals surface area contributed by atoms with Gasteiger partial charge in [0.2, 0.25) is 5.91 Å². The van der Waals surface area contributed by atoms with Crippen molar-refractivity contribution < 1.29 is 9.90 Å². The monoisotopic (exact) mass is 215 g/mol. The first-order chi connectivity index (χ1) is 7.13. The summed E-state index contributed by atoms with van der Waals surface area (Å²) in [6.45, 7) is 6.76. The average molecular weight is 215 g/mol. The first kappa shape index (κ1) is 14.4.